The average molecular weight is 302 g/mol. The van der Waals surface area contributed by atoms with Gasteiger partial charge in [-0.2, -0.15) is 13.2 Å². The fraction of sp³-hybridized carbons (Fsp3) is 0.500. The number of hydrogen-bond acceptors (Lipinski definition) is 2. The molecule has 110 valence electrons. The quantitative estimate of drug-likeness (QED) is 0.826. The van der Waals surface area contributed by atoms with Crippen molar-refractivity contribution in [2.45, 2.75) is 44.3 Å². The van der Waals surface area contributed by atoms with Crippen molar-refractivity contribution in [3.05, 3.63) is 29.3 Å². The van der Waals surface area contributed by atoms with Crippen LogP contribution in [0.25, 0.3) is 0 Å². The lowest BCUT2D eigenvalue weighted by Crippen LogP contribution is -2.31. The minimum Gasteiger partial charge on any atom is -0.389 e. The van der Waals surface area contributed by atoms with E-state index in [0.717, 1.165) is 31.7 Å². The standard InChI is InChI=1S/C14H17F3N2S/c1-13(6-2-3-7-13)19-9-4-5-11(14(15,16)17)10(8-9)12(18)20/h4-5,8,19H,2-3,6-7H2,1H3,(H2,18,20). The number of halogens is 3. The summed E-state index contributed by atoms with van der Waals surface area (Å²) < 4.78 is 38.7. The van der Waals surface area contributed by atoms with Gasteiger partial charge < -0.3 is 11.1 Å². The fourth-order valence-electron chi connectivity index (χ4n) is 2.70. The molecule has 1 aromatic rings. The summed E-state index contributed by atoms with van der Waals surface area (Å²) in [7, 11) is 0. The predicted molar refractivity (Wildman–Crippen MR) is 77.8 cm³/mol. The molecule has 0 atom stereocenters. The van der Waals surface area contributed by atoms with E-state index in [1.165, 1.54) is 12.1 Å². The van der Waals surface area contributed by atoms with Crippen LogP contribution in [0.5, 0.6) is 0 Å². The summed E-state index contributed by atoms with van der Waals surface area (Å²) in [5.41, 5.74) is 5.08. The zero-order valence-corrected chi connectivity index (χ0v) is 12.0. The van der Waals surface area contributed by atoms with E-state index < -0.39 is 11.7 Å². The lowest BCUT2D eigenvalue weighted by Gasteiger charge is -2.27. The Bertz CT molecular complexity index is 520. The van der Waals surface area contributed by atoms with Crippen molar-refractivity contribution in [3.8, 4) is 0 Å². The molecule has 0 bridgehead atoms. The average Bonchev–Trinajstić information content (AvgIpc) is 2.74. The maximum atomic E-state index is 12.9. The van der Waals surface area contributed by atoms with E-state index in [0.29, 0.717) is 5.69 Å². The Morgan fingerprint density at radius 1 is 1.30 bits per heavy atom. The molecule has 3 N–H and O–H groups in total. The Hall–Kier alpha value is -1.30. The van der Waals surface area contributed by atoms with Crippen LogP contribution in [0.3, 0.4) is 0 Å². The van der Waals surface area contributed by atoms with Gasteiger partial charge in [0.05, 0.1) is 5.56 Å². The van der Waals surface area contributed by atoms with Crippen LogP contribution in [0.1, 0.15) is 43.7 Å². The molecule has 6 heteroatoms. The Kier molecular flexibility index (Phi) is 3.95. The van der Waals surface area contributed by atoms with Crippen molar-refractivity contribution in [3.63, 3.8) is 0 Å². The Morgan fingerprint density at radius 3 is 2.40 bits per heavy atom. The van der Waals surface area contributed by atoms with Crippen molar-refractivity contribution in [2.75, 3.05) is 5.32 Å². The van der Waals surface area contributed by atoms with Gasteiger partial charge in [-0.1, -0.05) is 25.1 Å². The predicted octanol–water partition coefficient (Wildman–Crippen LogP) is 4.08. The van der Waals surface area contributed by atoms with Crippen LogP contribution >= 0.6 is 12.2 Å². The van der Waals surface area contributed by atoms with Crippen molar-refractivity contribution in [1.82, 2.24) is 0 Å². The van der Waals surface area contributed by atoms with Crippen LogP contribution in [0, 0.1) is 0 Å². The minimum absolute atomic E-state index is 0.0623. The number of alkyl halides is 3. The summed E-state index contributed by atoms with van der Waals surface area (Å²) in [5.74, 6) is 0. The summed E-state index contributed by atoms with van der Waals surface area (Å²) in [6.45, 7) is 2.08. The number of thiocarbonyl (C=S) groups is 1. The van der Waals surface area contributed by atoms with E-state index >= 15 is 0 Å². The van der Waals surface area contributed by atoms with E-state index in [-0.39, 0.29) is 16.1 Å². The van der Waals surface area contributed by atoms with Crippen LogP contribution in [-0.2, 0) is 6.18 Å². The van der Waals surface area contributed by atoms with E-state index in [9.17, 15) is 13.2 Å². The second-order valence-electron chi connectivity index (χ2n) is 5.52. The van der Waals surface area contributed by atoms with Gasteiger partial charge in [-0.25, -0.2) is 0 Å². The van der Waals surface area contributed by atoms with E-state index in [1.807, 2.05) is 0 Å². The Labute approximate surface area is 121 Å². The normalized spacial score (nSPS) is 18.0. The van der Waals surface area contributed by atoms with E-state index in [4.69, 9.17) is 18.0 Å². The lowest BCUT2D eigenvalue weighted by atomic mass is 9.99. The number of benzene rings is 1. The molecule has 0 heterocycles. The van der Waals surface area contributed by atoms with Crippen LogP contribution in [0.15, 0.2) is 18.2 Å². The number of hydrogen-bond donors (Lipinski definition) is 2. The van der Waals surface area contributed by atoms with Gasteiger partial charge in [0.1, 0.15) is 4.99 Å². The van der Waals surface area contributed by atoms with Crippen molar-refractivity contribution >= 4 is 22.9 Å². The van der Waals surface area contributed by atoms with Gasteiger partial charge in [0.2, 0.25) is 0 Å². The van der Waals surface area contributed by atoms with Gasteiger partial charge >= 0.3 is 6.18 Å². The maximum absolute atomic E-state index is 12.9. The Balaban J connectivity index is 2.33. The Morgan fingerprint density at radius 2 is 1.90 bits per heavy atom. The topological polar surface area (TPSA) is 38.0 Å². The molecule has 1 saturated carbocycles. The van der Waals surface area contributed by atoms with Gasteiger partial charge in [-0.15, -0.1) is 0 Å². The smallest absolute Gasteiger partial charge is 0.389 e. The second kappa shape index (κ2) is 5.24. The van der Waals surface area contributed by atoms with Gasteiger partial charge in [0, 0.05) is 16.8 Å². The summed E-state index contributed by atoms with van der Waals surface area (Å²) in [5, 5.41) is 3.31. The van der Waals surface area contributed by atoms with Crippen LogP contribution < -0.4 is 11.1 Å². The number of anilines is 1. The first-order chi connectivity index (χ1) is 9.21. The first-order valence-electron chi connectivity index (χ1n) is 6.50. The highest BCUT2D eigenvalue weighted by atomic mass is 32.1. The molecule has 0 saturated heterocycles. The molecule has 0 aromatic heterocycles. The van der Waals surface area contributed by atoms with Gasteiger partial charge in [-0.3, -0.25) is 0 Å². The molecule has 0 amide bonds. The molecule has 2 rings (SSSR count). The summed E-state index contributed by atoms with van der Waals surface area (Å²) in [6.07, 6.45) is -0.167. The molecule has 2 nitrogen and oxygen atoms in total. The van der Waals surface area contributed by atoms with Crippen LogP contribution in [-0.4, -0.2) is 10.5 Å². The van der Waals surface area contributed by atoms with Crippen LogP contribution in [0.2, 0.25) is 0 Å². The molecule has 0 spiro atoms. The zero-order chi connectivity index (χ0) is 15.0. The zero-order valence-electron chi connectivity index (χ0n) is 11.2. The van der Waals surface area contributed by atoms with Crippen LogP contribution in [0.4, 0.5) is 18.9 Å². The summed E-state index contributed by atoms with van der Waals surface area (Å²) >= 11 is 4.74. The largest absolute Gasteiger partial charge is 0.417 e. The number of rotatable bonds is 3. The van der Waals surface area contributed by atoms with Crippen molar-refractivity contribution < 1.29 is 13.2 Å². The number of nitrogens with one attached hydrogen (secondary N) is 1. The molecule has 1 aromatic carbocycles. The first-order valence-corrected chi connectivity index (χ1v) is 6.91. The fourth-order valence-corrected chi connectivity index (χ4v) is 2.87. The summed E-state index contributed by atoms with van der Waals surface area (Å²) in [6, 6.07) is 3.87. The third-order valence-electron chi connectivity index (χ3n) is 3.74. The van der Waals surface area contributed by atoms with E-state index in [2.05, 4.69) is 12.2 Å². The third-order valence-corrected chi connectivity index (χ3v) is 3.96. The second-order valence-corrected chi connectivity index (χ2v) is 5.95. The molecular weight excluding hydrogens is 285 g/mol. The molecule has 0 unspecified atom stereocenters. The molecule has 0 aliphatic heterocycles. The monoisotopic (exact) mass is 302 g/mol. The molecule has 1 fully saturated rings. The first kappa shape index (κ1) is 15.1. The van der Waals surface area contributed by atoms with Crippen molar-refractivity contribution in [1.29, 1.82) is 0 Å². The molecule has 1 aliphatic carbocycles. The lowest BCUT2D eigenvalue weighted by molar-refractivity contribution is -0.137. The van der Waals surface area contributed by atoms with Gasteiger partial charge in [0.25, 0.3) is 0 Å². The SMILES string of the molecule is CC1(Nc2ccc(C(F)(F)F)c(C(N)=S)c2)CCCC1. The van der Waals surface area contributed by atoms with Crippen molar-refractivity contribution in [2.24, 2.45) is 5.73 Å². The molecule has 0 radical (unpaired) electrons. The number of nitrogens with two attached hydrogens (primary N) is 1. The molecule has 1 aliphatic rings. The maximum Gasteiger partial charge on any atom is 0.417 e. The highest BCUT2D eigenvalue weighted by Crippen LogP contribution is 2.36. The van der Waals surface area contributed by atoms with E-state index in [1.54, 1.807) is 0 Å². The molecule has 20 heavy (non-hydrogen) atoms. The van der Waals surface area contributed by atoms with Gasteiger partial charge in [0.15, 0.2) is 0 Å². The minimum atomic E-state index is -4.45. The highest BCUT2D eigenvalue weighted by molar-refractivity contribution is 7.80. The molecular formula is C14H17F3N2S. The summed E-state index contributed by atoms with van der Waals surface area (Å²) in [4.78, 5) is -0.238. The third kappa shape index (κ3) is 3.23. The highest BCUT2D eigenvalue weighted by Gasteiger charge is 2.34. The van der Waals surface area contributed by atoms with Gasteiger partial charge in [-0.05, 0) is 38.0 Å².